The molecule has 1 aliphatic rings. The summed E-state index contributed by atoms with van der Waals surface area (Å²) in [7, 11) is 1.67. The van der Waals surface area contributed by atoms with E-state index in [1.807, 2.05) is 12.1 Å². The van der Waals surface area contributed by atoms with Gasteiger partial charge in [-0.3, -0.25) is 10.1 Å². The highest BCUT2D eigenvalue weighted by molar-refractivity contribution is 9.10. The normalized spacial score (nSPS) is 19.9. The van der Waals surface area contributed by atoms with Gasteiger partial charge >= 0.3 is 0 Å². The number of hydrogen-bond donors (Lipinski definition) is 2. The first-order chi connectivity index (χ1) is 12.5. The molecule has 3 rings (SSSR count). The van der Waals surface area contributed by atoms with Crippen molar-refractivity contribution in [3.63, 3.8) is 0 Å². The molecule has 0 aliphatic carbocycles. The molecule has 6 nitrogen and oxygen atoms in total. The Labute approximate surface area is 161 Å². The number of nitro benzene ring substituents is 1. The Kier molecular flexibility index (Phi) is 6.24. The molecule has 0 unspecified atom stereocenters. The van der Waals surface area contributed by atoms with Gasteiger partial charge in [0.1, 0.15) is 45.0 Å². The highest BCUT2D eigenvalue weighted by Gasteiger charge is 2.23. The van der Waals surface area contributed by atoms with E-state index in [1.165, 1.54) is 10.5 Å². The van der Waals surface area contributed by atoms with E-state index in [-0.39, 0.29) is 10.6 Å². The number of nitrogens with zero attached hydrogens (tertiary/aromatic N) is 1. The first-order valence-corrected chi connectivity index (χ1v) is 9.57. The second-order valence-electron chi connectivity index (χ2n) is 6.75. The molecule has 0 radical (unpaired) electrons. The minimum atomic E-state index is -0.325. The number of benzene rings is 2. The Hall–Kier alpha value is -1.96. The minimum Gasteiger partial charge on any atom is -0.496 e. The molecule has 0 spiro atoms. The third-order valence-electron chi connectivity index (χ3n) is 4.91. The van der Waals surface area contributed by atoms with Crippen molar-refractivity contribution in [1.29, 1.82) is 0 Å². The third kappa shape index (κ3) is 4.81. The van der Waals surface area contributed by atoms with Crippen LogP contribution in [-0.2, 0) is 13.1 Å². The molecule has 2 N–H and O–H groups in total. The van der Waals surface area contributed by atoms with E-state index < -0.39 is 0 Å². The van der Waals surface area contributed by atoms with E-state index in [9.17, 15) is 10.1 Å². The zero-order valence-electron chi connectivity index (χ0n) is 14.8. The summed E-state index contributed by atoms with van der Waals surface area (Å²) in [6.07, 6.45) is 0. The van der Waals surface area contributed by atoms with Crippen molar-refractivity contribution in [3.8, 4) is 5.75 Å². The number of piperazine rings is 1. The Balaban J connectivity index is 1.52. The van der Waals surface area contributed by atoms with Crippen LogP contribution in [0.3, 0.4) is 0 Å². The Bertz CT molecular complexity index is 776. The predicted octanol–water partition coefficient (Wildman–Crippen LogP) is 0.850. The highest BCUT2D eigenvalue weighted by atomic mass is 79.9. The van der Waals surface area contributed by atoms with Crippen LogP contribution in [0, 0.1) is 10.1 Å². The van der Waals surface area contributed by atoms with Crippen molar-refractivity contribution in [2.24, 2.45) is 0 Å². The van der Waals surface area contributed by atoms with Crippen LogP contribution < -0.4 is 14.5 Å². The van der Waals surface area contributed by atoms with Crippen LogP contribution in [0.25, 0.3) is 0 Å². The number of nitrogens with one attached hydrogen (secondary N) is 2. The van der Waals surface area contributed by atoms with Crippen LogP contribution in [0.4, 0.5) is 5.69 Å². The zero-order valence-corrected chi connectivity index (χ0v) is 16.4. The number of ether oxygens (including phenoxy) is 1. The molecule has 0 saturated carbocycles. The molecule has 1 fully saturated rings. The van der Waals surface area contributed by atoms with Crippen LogP contribution in [0.5, 0.6) is 5.75 Å². The average Bonchev–Trinajstić information content (AvgIpc) is 2.64. The number of methoxy groups -OCH3 is 1. The van der Waals surface area contributed by atoms with Crippen molar-refractivity contribution < 1.29 is 19.5 Å². The molecule has 7 heteroatoms. The molecule has 0 bridgehead atoms. The number of hydrogen-bond acceptors (Lipinski definition) is 3. The van der Waals surface area contributed by atoms with E-state index >= 15 is 0 Å². The largest absolute Gasteiger partial charge is 0.496 e. The van der Waals surface area contributed by atoms with Crippen molar-refractivity contribution in [2.45, 2.75) is 13.1 Å². The van der Waals surface area contributed by atoms with Crippen LogP contribution in [0.1, 0.15) is 11.1 Å². The molecule has 138 valence electrons. The fourth-order valence-electron chi connectivity index (χ4n) is 3.49. The monoisotopic (exact) mass is 421 g/mol. The van der Waals surface area contributed by atoms with Gasteiger partial charge in [-0.25, -0.2) is 0 Å². The van der Waals surface area contributed by atoms with E-state index in [0.29, 0.717) is 0 Å². The van der Waals surface area contributed by atoms with E-state index in [2.05, 4.69) is 28.1 Å². The van der Waals surface area contributed by atoms with Crippen LogP contribution >= 0.6 is 15.9 Å². The number of rotatable bonds is 6. The van der Waals surface area contributed by atoms with Gasteiger partial charge in [0.2, 0.25) is 0 Å². The zero-order chi connectivity index (χ0) is 18.5. The summed E-state index contributed by atoms with van der Waals surface area (Å²) < 4.78 is 6.28. The van der Waals surface area contributed by atoms with E-state index in [0.717, 1.165) is 55.1 Å². The van der Waals surface area contributed by atoms with Crippen molar-refractivity contribution in [1.82, 2.24) is 0 Å². The van der Waals surface area contributed by atoms with Gasteiger partial charge in [-0.05, 0) is 34.1 Å². The molecule has 26 heavy (non-hydrogen) atoms. The van der Waals surface area contributed by atoms with Gasteiger partial charge in [-0.15, -0.1) is 0 Å². The first-order valence-electron chi connectivity index (χ1n) is 8.78. The van der Waals surface area contributed by atoms with Gasteiger partial charge < -0.3 is 14.5 Å². The van der Waals surface area contributed by atoms with Gasteiger partial charge in [-0.2, -0.15) is 0 Å². The fraction of sp³-hybridized carbons (Fsp3) is 0.368. The quantitative estimate of drug-likeness (QED) is 0.536. The summed E-state index contributed by atoms with van der Waals surface area (Å²) in [6.45, 7) is 6.22. The number of halogens is 1. The maximum atomic E-state index is 10.9. The maximum absolute atomic E-state index is 10.9. The van der Waals surface area contributed by atoms with Gasteiger partial charge in [0.25, 0.3) is 5.69 Å². The van der Waals surface area contributed by atoms with E-state index in [1.54, 1.807) is 30.2 Å². The smallest absolute Gasteiger partial charge is 0.269 e. The van der Waals surface area contributed by atoms with Gasteiger partial charge in [-0.1, -0.05) is 12.1 Å². The second kappa shape index (κ2) is 8.62. The summed E-state index contributed by atoms with van der Waals surface area (Å²) in [5.41, 5.74) is 2.52. The maximum Gasteiger partial charge on any atom is 0.269 e. The Morgan fingerprint density at radius 3 is 2.19 bits per heavy atom. The molecular formula is C19H24BrN3O3+2. The SMILES string of the molecule is COc1ccc(C[NH+]2CC[NH+](Cc3cccc([N+](=O)[O-])c3)CC2)cc1Br. The molecule has 0 aromatic heterocycles. The highest BCUT2D eigenvalue weighted by Crippen LogP contribution is 2.25. The minimum absolute atomic E-state index is 0.177. The Morgan fingerprint density at radius 2 is 1.65 bits per heavy atom. The molecule has 0 amide bonds. The summed E-state index contributed by atoms with van der Waals surface area (Å²) >= 11 is 3.55. The summed E-state index contributed by atoms with van der Waals surface area (Å²) in [6, 6.07) is 13.3. The molecule has 1 heterocycles. The van der Waals surface area contributed by atoms with E-state index in [4.69, 9.17) is 4.74 Å². The van der Waals surface area contributed by atoms with Crippen LogP contribution in [0.15, 0.2) is 46.9 Å². The van der Waals surface area contributed by atoms with Crippen molar-refractivity contribution in [2.75, 3.05) is 33.3 Å². The standard InChI is InChI=1S/C19H22BrN3O3/c1-26-19-6-5-16(12-18(19)20)14-22-9-7-21(8-10-22)13-15-3-2-4-17(11-15)23(24)25/h2-6,11-12H,7-10,13-14H2,1H3/p+2. The van der Waals surface area contributed by atoms with Crippen LogP contribution in [-0.4, -0.2) is 38.2 Å². The molecule has 1 saturated heterocycles. The fourth-order valence-corrected chi connectivity index (χ4v) is 4.08. The van der Waals surface area contributed by atoms with Gasteiger partial charge in [0.05, 0.1) is 16.5 Å². The van der Waals surface area contributed by atoms with Crippen molar-refractivity contribution >= 4 is 21.6 Å². The lowest BCUT2D eigenvalue weighted by Gasteiger charge is -2.29. The molecule has 0 atom stereocenters. The lowest BCUT2D eigenvalue weighted by atomic mass is 10.1. The molecular weight excluding hydrogens is 398 g/mol. The van der Waals surface area contributed by atoms with Gasteiger partial charge in [0, 0.05) is 23.3 Å². The third-order valence-corrected chi connectivity index (χ3v) is 5.53. The summed E-state index contributed by atoms with van der Waals surface area (Å²) in [4.78, 5) is 13.6. The Morgan fingerprint density at radius 1 is 1.04 bits per heavy atom. The number of non-ortho nitro benzene ring substituents is 1. The van der Waals surface area contributed by atoms with Gasteiger partial charge in [0.15, 0.2) is 0 Å². The topological polar surface area (TPSA) is 61.2 Å². The average molecular weight is 422 g/mol. The molecule has 1 aliphatic heterocycles. The summed E-state index contributed by atoms with van der Waals surface area (Å²) in [5, 5.41) is 10.9. The molecule has 2 aromatic carbocycles. The number of quaternary nitrogens is 2. The predicted molar refractivity (Wildman–Crippen MR) is 103 cm³/mol. The van der Waals surface area contributed by atoms with Crippen molar-refractivity contribution in [3.05, 3.63) is 68.2 Å². The van der Waals surface area contributed by atoms with Crippen LogP contribution in [0.2, 0.25) is 0 Å². The second-order valence-corrected chi connectivity index (χ2v) is 7.60. The molecule has 2 aromatic rings. The first kappa shape index (κ1) is 18.8. The lowest BCUT2D eigenvalue weighted by molar-refractivity contribution is -1.02. The lowest BCUT2D eigenvalue weighted by Crippen LogP contribution is -3.27. The summed E-state index contributed by atoms with van der Waals surface area (Å²) in [5.74, 6) is 0.856. The number of nitro groups is 1.